The summed E-state index contributed by atoms with van der Waals surface area (Å²) in [6, 6.07) is 5.64. The van der Waals surface area contributed by atoms with Crippen LogP contribution in [0.15, 0.2) is 35.1 Å². The average Bonchev–Trinajstić information content (AvgIpc) is 2.77. The number of carbonyl (C=O) groups excluding carboxylic acids is 1. The molecule has 1 amide bonds. The van der Waals surface area contributed by atoms with Crippen molar-refractivity contribution in [3.05, 3.63) is 46.5 Å². The molecule has 2 N–H and O–H groups in total. The first-order valence-electron chi connectivity index (χ1n) is 4.73. The molecule has 0 saturated heterocycles. The van der Waals surface area contributed by atoms with Crippen molar-refractivity contribution in [2.45, 2.75) is 6.92 Å². The van der Waals surface area contributed by atoms with Crippen molar-refractivity contribution in [3.8, 4) is 0 Å². The molecule has 4 nitrogen and oxygen atoms in total. The van der Waals surface area contributed by atoms with E-state index in [2.05, 4.69) is 31.2 Å². The number of H-pyrrole nitrogens is 1. The van der Waals surface area contributed by atoms with Crippen LogP contribution in [-0.4, -0.2) is 15.9 Å². The lowest BCUT2D eigenvalue weighted by molar-refractivity contribution is 0.101. The minimum absolute atomic E-state index is 0.249. The fourth-order valence-corrected chi connectivity index (χ4v) is 1.63. The predicted octanol–water partition coefficient (Wildman–Crippen LogP) is 2.73. The highest BCUT2D eigenvalue weighted by molar-refractivity contribution is 9.10. The highest BCUT2D eigenvalue weighted by atomic mass is 79.9. The molecule has 0 atom stereocenters. The number of rotatable bonds is 2. The van der Waals surface area contributed by atoms with E-state index in [0.29, 0.717) is 5.82 Å². The second kappa shape index (κ2) is 4.49. The number of nitrogens with zero attached hydrogens (tertiary/aromatic N) is 1. The molecule has 0 fully saturated rings. The van der Waals surface area contributed by atoms with Gasteiger partial charge in [-0.25, -0.2) is 4.98 Å². The fourth-order valence-electron chi connectivity index (χ4n) is 1.25. The Kier molecular flexibility index (Phi) is 3.05. The van der Waals surface area contributed by atoms with Crippen molar-refractivity contribution in [3.63, 3.8) is 0 Å². The maximum atomic E-state index is 11.7. The van der Waals surface area contributed by atoms with Crippen molar-refractivity contribution in [2.75, 3.05) is 5.32 Å². The van der Waals surface area contributed by atoms with Gasteiger partial charge in [0.2, 0.25) is 0 Å². The quantitative estimate of drug-likeness (QED) is 0.888. The summed E-state index contributed by atoms with van der Waals surface area (Å²) < 4.78 is 0.963. The van der Waals surface area contributed by atoms with E-state index in [9.17, 15) is 4.79 Å². The van der Waals surface area contributed by atoms with Gasteiger partial charge in [0.15, 0.2) is 5.82 Å². The number of aromatic nitrogens is 2. The molecule has 0 spiro atoms. The van der Waals surface area contributed by atoms with Gasteiger partial charge in [0.1, 0.15) is 0 Å². The van der Waals surface area contributed by atoms with Gasteiger partial charge in [0.25, 0.3) is 5.91 Å². The minimum Gasteiger partial charge on any atom is -0.341 e. The van der Waals surface area contributed by atoms with Crippen molar-refractivity contribution in [2.24, 2.45) is 0 Å². The maximum Gasteiger partial charge on any atom is 0.291 e. The minimum atomic E-state index is -0.249. The number of imidazole rings is 1. The molecule has 0 radical (unpaired) electrons. The third-order valence-electron chi connectivity index (χ3n) is 2.14. The van der Waals surface area contributed by atoms with Crippen LogP contribution in [0.25, 0.3) is 0 Å². The van der Waals surface area contributed by atoms with E-state index < -0.39 is 0 Å². The first-order valence-corrected chi connectivity index (χ1v) is 5.53. The van der Waals surface area contributed by atoms with E-state index in [1.165, 1.54) is 0 Å². The highest BCUT2D eigenvalue weighted by Crippen LogP contribution is 2.20. The van der Waals surface area contributed by atoms with Crippen LogP contribution in [0.5, 0.6) is 0 Å². The first kappa shape index (κ1) is 10.9. The number of nitrogens with one attached hydrogen (secondary N) is 2. The topological polar surface area (TPSA) is 57.8 Å². The number of anilines is 1. The summed E-state index contributed by atoms with van der Waals surface area (Å²) in [4.78, 5) is 18.3. The molecule has 1 heterocycles. The van der Waals surface area contributed by atoms with Crippen LogP contribution in [0.2, 0.25) is 0 Å². The van der Waals surface area contributed by atoms with Crippen molar-refractivity contribution >= 4 is 27.5 Å². The van der Waals surface area contributed by atoms with E-state index in [-0.39, 0.29) is 5.91 Å². The van der Waals surface area contributed by atoms with Crippen molar-refractivity contribution in [1.82, 2.24) is 9.97 Å². The van der Waals surface area contributed by atoms with E-state index >= 15 is 0 Å². The Bertz CT molecular complexity index is 508. The van der Waals surface area contributed by atoms with Gasteiger partial charge in [-0.2, -0.15) is 0 Å². The number of hydrogen-bond acceptors (Lipinski definition) is 2. The van der Waals surface area contributed by atoms with Crippen molar-refractivity contribution < 1.29 is 4.79 Å². The van der Waals surface area contributed by atoms with Crippen LogP contribution in [0.4, 0.5) is 5.69 Å². The number of benzene rings is 1. The molecule has 0 aliphatic heterocycles. The van der Waals surface area contributed by atoms with E-state index in [4.69, 9.17) is 0 Å². The monoisotopic (exact) mass is 279 g/mol. The summed E-state index contributed by atoms with van der Waals surface area (Å²) in [6.45, 7) is 1.99. The number of aromatic amines is 1. The van der Waals surface area contributed by atoms with Crippen LogP contribution in [0.1, 0.15) is 16.2 Å². The summed E-state index contributed by atoms with van der Waals surface area (Å²) in [5.41, 5.74) is 1.86. The van der Waals surface area contributed by atoms with Crippen LogP contribution in [0.3, 0.4) is 0 Å². The molecule has 16 heavy (non-hydrogen) atoms. The molecule has 2 aromatic rings. The van der Waals surface area contributed by atoms with Crippen LogP contribution < -0.4 is 5.32 Å². The summed E-state index contributed by atoms with van der Waals surface area (Å²) in [5, 5.41) is 2.75. The molecular weight excluding hydrogens is 270 g/mol. The summed E-state index contributed by atoms with van der Waals surface area (Å²) >= 11 is 3.41. The number of halogens is 1. The van der Waals surface area contributed by atoms with Crippen LogP contribution >= 0.6 is 15.9 Å². The molecular formula is C11H10BrN3O. The van der Waals surface area contributed by atoms with Crippen LogP contribution in [0, 0.1) is 6.92 Å². The Morgan fingerprint density at radius 1 is 1.50 bits per heavy atom. The Morgan fingerprint density at radius 3 is 2.94 bits per heavy atom. The zero-order valence-corrected chi connectivity index (χ0v) is 10.2. The Morgan fingerprint density at radius 2 is 2.31 bits per heavy atom. The lowest BCUT2D eigenvalue weighted by atomic mass is 10.2. The first-order chi connectivity index (χ1) is 7.66. The molecule has 82 valence electrons. The number of aryl methyl sites for hydroxylation is 1. The maximum absolute atomic E-state index is 11.7. The smallest absolute Gasteiger partial charge is 0.291 e. The Hall–Kier alpha value is -1.62. The molecule has 0 aliphatic carbocycles. The molecule has 1 aromatic heterocycles. The number of hydrogen-bond donors (Lipinski definition) is 2. The SMILES string of the molecule is Cc1ccc(NC(=O)c2ncc[nH]2)cc1Br. The molecule has 2 rings (SSSR count). The molecule has 0 saturated carbocycles. The standard InChI is InChI=1S/C11H10BrN3O/c1-7-2-3-8(6-9(7)12)15-11(16)10-13-4-5-14-10/h2-6H,1H3,(H,13,14)(H,15,16). The van der Waals surface area contributed by atoms with Gasteiger partial charge in [-0.3, -0.25) is 4.79 Å². The number of amides is 1. The summed E-state index contributed by atoms with van der Waals surface area (Å²) in [7, 11) is 0. The predicted molar refractivity (Wildman–Crippen MR) is 65.4 cm³/mol. The highest BCUT2D eigenvalue weighted by Gasteiger charge is 2.08. The van der Waals surface area contributed by atoms with Gasteiger partial charge in [-0.1, -0.05) is 22.0 Å². The van der Waals surface area contributed by atoms with Crippen molar-refractivity contribution in [1.29, 1.82) is 0 Å². The van der Waals surface area contributed by atoms with Gasteiger partial charge in [0, 0.05) is 22.6 Å². The van der Waals surface area contributed by atoms with Crippen LogP contribution in [-0.2, 0) is 0 Å². The molecule has 0 bridgehead atoms. The third-order valence-corrected chi connectivity index (χ3v) is 3.00. The fraction of sp³-hybridized carbons (Fsp3) is 0.0909. The second-order valence-corrected chi connectivity index (χ2v) is 4.21. The van der Waals surface area contributed by atoms with E-state index in [1.807, 2.05) is 25.1 Å². The summed E-state index contributed by atoms with van der Waals surface area (Å²) in [5.74, 6) is 0.0532. The zero-order chi connectivity index (χ0) is 11.5. The molecule has 5 heteroatoms. The lowest BCUT2D eigenvalue weighted by Gasteiger charge is -2.05. The lowest BCUT2D eigenvalue weighted by Crippen LogP contribution is -2.13. The number of carbonyl (C=O) groups is 1. The third kappa shape index (κ3) is 2.30. The molecule has 0 aliphatic rings. The molecule has 0 unspecified atom stereocenters. The van der Waals surface area contributed by atoms with E-state index in [1.54, 1.807) is 12.4 Å². The Balaban J connectivity index is 2.15. The van der Waals surface area contributed by atoms with Gasteiger partial charge in [-0.15, -0.1) is 0 Å². The average molecular weight is 280 g/mol. The summed E-state index contributed by atoms with van der Waals surface area (Å²) in [6.07, 6.45) is 3.15. The second-order valence-electron chi connectivity index (χ2n) is 3.36. The molecule has 1 aromatic carbocycles. The normalized spacial score (nSPS) is 10.1. The van der Waals surface area contributed by atoms with E-state index in [0.717, 1.165) is 15.7 Å². The van der Waals surface area contributed by atoms with Gasteiger partial charge in [-0.05, 0) is 24.6 Å². The van der Waals surface area contributed by atoms with Gasteiger partial charge >= 0.3 is 0 Å². The van der Waals surface area contributed by atoms with Gasteiger partial charge < -0.3 is 10.3 Å². The zero-order valence-electron chi connectivity index (χ0n) is 8.62. The Labute approximate surface area is 101 Å². The van der Waals surface area contributed by atoms with Gasteiger partial charge in [0.05, 0.1) is 0 Å². The largest absolute Gasteiger partial charge is 0.341 e.